The zero-order valence-electron chi connectivity index (χ0n) is 16.3. The summed E-state index contributed by atoms with van der Waals surface area (Å²) < 4.78 is 10.8. The van der Waals surface area contributed by atoms with Crippen molar-refractivity contribution >= 4 is 11.8 Å². The summed E-state index contributed by atoms with van der Waals surface area (Å²) in [6.45, 7) is 3.33. The second-order valence-corrected chi connectivity index (χ2v) is 6.82. The molecule has 0 unspecified atom stereocenters. The Balaban J connectivity index is 1.51. The van der Waals surface area contributed by atoms with Crippen molar-refractivity contribution in [2.24, 2.45) is 0 Å². The Kier molecular flexibility index (Phi) is 6.53. The second kappa shape index (κ2) is 9.26. The maximum absolute atomic E-state index is 12.7. The maximum Gasteiger partial charge on any atom is 0.245 e. The fourth-order valence-corrected chi connectivity index (χ4v) is 3.29. The molecule has 3 rings (SSSR count). The van der Waals surface area contributed by atoms with Crippen LogP contribution in [0, 0.1) is 0 Å². The van der Waals surface area contributed by atoms with Gasteiger partial charge in [-0.3, -0.25) is 9.59 Å². The minimum atomic E-state index is -0.462. The van der Waals surface area contributed by atoms with E-state index in [0.717, 1.165) is 17.1 Å². The van der Waals surface area contributed by atoms with Gasteiger partial charge >= 0.3 is 0 Å². The average molecular weight is 382 g/mol. The van der Waals surface area contributed by atoms with Crippen LogP contribution < -0.4 is 9.47 Å². The van der Waals surface area contributed by atoms with Crippen LogP contribution in [0.1, 0.15) is 18.9 Å². The molecular formula is C22H26N2O4. The summed E-state index contributed by atoms with van der Waals surface area (Å²) in [6.07, 6.45) is 0.677. The Morgan fingerprint density at radius 2 is 1.71 bits per heavy atom. The van der Waals surface area contributed by atoms with E-state index < -0.39 is 6.04 Å². The Hall–Kier alpha value is -3.02. The van der Waals surface area contributed by atoms with Crippen LogP contribution in [-0.2, 0) is 16.1 Å². The van der Waals surface area contributed by atoms with Gasteiger partial charge in [0.15, 0.2) is 0 Å². The van der Waals surface area contributed by atoms with Crippen molar-refractivity contribution in [3.05, 3.63) is 60.2 Å². The van der Waals surface area contributed by atoms with E-state index in [2.05, 4.69) is 0 Å². The van der Waals surface area contributed by atoms with Crippen LogP contribution in [-0.4, -0.2) is 54.5 Å². The third kappa shape index (κ3) is 4.82. The molecule has 0 bridgehead atoms. The smallest absolute Gasteiger partial charge is 0.245 e. The first-order chi connectivity index (χ1) is 13.6. The first-order valence-corrected chi connectivity index (χ1v) is 9.47. The molecule has 6 heteroatoms. The van der Waals surface area contributed by atoms with Crippen LogP contribution in [0.5, 0.6) is 11.5 Å². The Morgan fingerprint density at radius 3 is 2.39 bits per heavy atom. The van der Waals surface area contributed by atoms with Gasteiger partial charge in [-0.05, 0) is 43.2 Å². The number of carbonyl (C=O) groups is 2. The van der Waals surface area contributed by atoms with E-state index >= 15 is 0 Å². The number of benzene rings is 2. The molecule has 0 aromatic heterocycles. The summed E-state index contributed by atoms with van der Waals surface area (Å²) in [6, 6.07) is 16.6. The molecule has 0 spiro atoms. The zero-order valence-corrected chi connectivity index (χ0v) is 16.3. The van der Waals surface area contributed by atoms with Gasteiger partial charge in [0.1, 0.15) is 24.1 Å². The van der Waals surface area contributed by atoms with E-state index in [4.69, 9.17) is 9.47 Å². The van der Waals surface area contributed by atoms with Gasteiger partial charge in [-0.2, -0.15) is 0 Å². The highest BCUT2D eigenvalue weighted by molar-refractivity contribution is 5.94. The zero-order chi connectivity index (χ0) is 19.9. The van der Waals surface area contributed by atoms with Gasteiger partial charge in [-0.1, -0.05) is 30.3 Å². The molecule has 1 saturated heterocycles. The fourth-order valence-electron chi connectivity index (χ4n) is 3.29. The van der Waals surface area contributed by atoms with E-state index in [0.29, 0.717) is 26.1 Å². The molecule has 0 saturated carbocycles. The second-order valence-electron chi connectivity index (χ2n) is 6.82. The van der Waals surface area contributed by atoms with Crippen molar-refractivity contribution in [2.75, 3.05) is 26.8 Å². The van der Waals surface area contributed by atoms with Gasteiger partial charge < -0.3 is 19.3 Å². The van der Waals surface area contributed by atoms with Crippen LogP contribution in [0.3, 0.4) is 0 Å². The van der Waals surface area contributed by atoms with Gasteiger partial charge in [0.05, 0.1) is 13.7 Å². The van der Waals surface area contributed by atoms with E-state index in [1.807, 2.05) is 54.6 Å². The van der Waals surface area contributed by atoms with Crippen molar-refractivity contribution in [1.29, 1.82) is 0 Å². The van der Waals surface area contributed by atoms with Crippen LogP contribution >= 0.6 is 0 Å². The Bertz CT molecular complexity index is 792. The predicted molar refractivity (Wildman–Crippen MR) is 106 cm³/mol. The van der Waals surface area contributed by atoms with Crippen molar-refractivity contribution in [1.82, 2.24) is 9.80 Å². The first-order valence-electron chi connectivity index (χ1n) is 9.47. The van der Waals surface area contributed by atoms with Crippen LogP contribution in [0.4, 0.5) is 0 Å². The fraction of sp³-hybridized carbons (Fsp3) is 0.364. The van der Waals surface area contributed by atoms with E-state index in [-0.39, 0.29) is 18.4 Å². The molecule has 1 fully saturated rings. The van der Waals surface area contributed by atoms with Crippen LogP contribution in [0.2, 0.25) is 0 Å². The molecule has 1 atom stereocenters. The third-order valence-corrected chi connectivity index (χ3v) is 4.87. The highest BCUT2D eigenvalue weighted by Gasteiger charge is 2.35. The van der Waals surface area contributed by atoms with E-state index in [1.54, 1.807) is 23.8 Å². The number of hydrogen-bond acceptors (Lipinski definition) is 4. The first kappa shape index (κ1) is 19.7. The van der Waals surface area contributed by atoms with Gasteiger partial charge in [-0.15, -0.1) is 0 Å². The van der Waals surface area contributed by atoms with Crippen LogP contribution in [0.25, 0.3) is 0 Å². The highest BCUT2D eigenvalue weighted by atomic mass is 16.5. The summed E-state index contributed by atoms with van der Waals surface area (Å²) >= 11 is 0. The molecule has 0 N–H and O–H groups in total. The lowest BCUT2D eigenvalue weighted by atomic mass is 10.1. The Morgan fingerprint density at radius 1 is 1.00 bits per heavy atom. The molecule has 2 aromatic carbocycles. The number of piperazine rings is 1. The lowest BCUT2D eigenvalue weighted by Gasteiger charge is -2.38. The molecule has 148 valence electrons. The van der Waals surface area contributed by atoms with Gasteiger partial charge in [0.2, 0.25) is 11.8 Å². The number of hydrogen-bond donors (Lipinski definition) is 0. The normalized spacial score (nSPS) is 17.0. The highest BCUT2D eigenvalue weighted by Crippen LogP contribution is 2.18. The third-order valence-electron chi connectivity index (χ3n) is 4.87. The largest absolute Gasteiger partial charge is 0.497 e. The molecule has 1 heterocycles. The monoisotopic (exact) mass is 382 g/mol. The quantitative estimate of drug-likeness (QED) is 0.659. The molecule has 1 aliphatic heterocycles. The minimum Gasteiger partial charge on any atom is -0.497 e. The van der Waals surface area contributed by atoms with Crippen molar-refractivity contribution in [2.45, 2.75) is 25.9 Å². The summed E-state index contributed by atoms with van der Waals surface area (Å²) in [4.78, 5) is 28.6. The van der Waals surface area contributed by atoms with Crippen molar-refractivity contribution < 1.29 is 19.1 Å². The molecule has 0 radical (unpaired) electrons. The summed E-state index contributed by atoms with van der Waals surface area (Å²) in [5.74, 6) is 1.52. The number of rotatable bonds is 8. The molecule has 1 aliphatic rings. The molecular weight excluding hydrogens is 356 g/mol. The molecule has 6 nitrogen and oxygen atoms in total. The summed E-state index contributed by atoms with van der Waals surface area (Å²) in [5.41, 5.74) is 0.971. The number of carbonyl (C=O) groups excluding carboxylic acids is 2. The van der Waals surface area contributed by atoms with E-state index in [9.17, 15) is 9.59 Å². The number of nitrogens with zero attached hydrogens (tertiary/aromatic N) is 2. The SMILES string of the molecule is COc1ccc(CN2CC(=O)N(CCCOc3ccccc3)[C@@H](C)C2=O)cc1. The number of amides is 2. The number of methoxy groups -OCH3 is 1. The van der Waals surface area contributed by atoms with Gasteiger partial charge in [0.25, 0.3) is 0 Å². The number of para-hydroxylation sites is 1. The molecule has 28 heavy (non-hydrogen) atoms. The van der Waals surface area contributed by atoms with E-state index in [1.165, 1.54) is 0 Å². The van der Waals surface area contributed by atoms with Gasteiger partial charge in [0, 0.05) is 13.1 Å². The minimum absolute atomic E-state index is 0.0275. The maximum atomic E-state index is 12.7. The molecule has 0 aliphatic carbocycles. The van der Waals surface area contributed by atoms with Gasteiger partial charge in [-0.25, -0.2) is 0 Å². The lowest BCUT2D eigenvalue weighted by molar-refractivity contribution is -0.155. The van der Waals surface area contributed by atoms with Crippen molar-refractivity contribution in [3.8, 4) is 11.5 Å². The molecule has 2 amide bonds. The average Bonchev–Trinajstić information content (AvgIpc) is 2.72. The number of ether oxygens (including phenoxy) is 2. The standard InChI is InChI=1S/C22H26N2O4/c1-17-22(26)23(15-18-9-11-19(27-2)12-10-18)16-21(25)24(17)13-6-14-28-20-7-4-3-5-8-20/h3-5,7-12,17H,6,13-16H2,1-2H3/t17-/m0/s1. The summed E-state index contributed by atoms with van der Waals surface area (Å²) in [7, 11) is 1.61. The van der Waals surface area contributed by atoms with Crippen LogP contribution in [0.15, 0.2) is 54.6 Å². The topological polar surface area (TPSA) is 59.1 Å². The van der Waals surface area contributed by atoms with Crippen molar-refractivity contribution in [3.63, 3.8) is 0 Å². The lowest BCUT2D eigenvalue weighted by Crippen LogP contribution is -2.58. The molecule has 2 aromatic rings. The predicted octanol–water partition coefficient (Wildman–Crippen LogP) is 2.72. The Labute approximate surface area is 165 Å². The summed E-state index contributed by atoms with van der Waals surface area (Å²) in [5, 5.41) is 0.